The topological polar surface area (TPSA) is 70.8 Å². The van der Waals surface area contributed by atoms with Crippen LogP contribution in [0.1, 0.15) is 31.2 Å². The molecular weight excluding hydrogens is 296 g/mol. The lowest BCUT2D eigenvalue weighted by molar-refractivity contribution is -0.135. The predicted molar refractivity (Wildman–Crippen MR) is 87.0 cm³/mol. The minimum Gasteiger partial charge on any atom is -0.385 e. The number of carbonyl (C=O) groups is 1. The molecule has 1 fully saturated rings. The first-order chi connectivity index (χ1) is 11.0. The van der Waals surface area contributed by atoms with E-state index < -0.39 is 6.10 Å². The molecule has 1 aliphatic rings. The van der Waals surface area contributed by atoms with E-state index >= 15 is 0 Å². The van der Waals surface area contributed by atoms with Gasteiger partial charge in [0.1, 0.15) is 11.9 Å². The molecule has 1 atom stereocenters. The van der Waals surface area contributed by atoms with Crippen LogP contribution in [0.5, 0.6) is 0 Å². The fourth-order valence-corrected chi connectivity index (χ4v) is 3.01. The maximum absolute atomic E-state index is 12.4. The van der Waals surface area contributed by atoms with Gasteiger partial charge in [0.05, 0.1) is 13.0 Å². The summed E-state index contributed by atoms with van der Waals surface area (Å²) >= 11 is 0. The quantitative estimate of drug-likeness (QED) is 0.791. The van der Waals surface area contributed by atoms with Crippen LogP contribution in [-0.2, 0) is 16.1 Å². The number of imidazole rings is 1. The smallest absolute Gasteiger partial charge is 0.225 e. The van der Waals surface area contributed by atoms with E-state index in [1.165, 1.54) is 0 Å². The van der Waals surface area contributed by atoms with Crippen molar-refractivity contribution >= 4 is 5.91 Å². The summed E-state index contributed by atoms with van der Waals surface area (Å²) in [5.41, 5.74) is 0. The molecule has 1 amide bonds. The minimum atomic E-state index is -0.874. The first kappa shape index (κ1) is 17.9. The number of aromatic nitrogens is 2. The van der Waals surface area contributed by atoms with Crippen LogP contribution in [-0.4, -0.2) is 77.3 Å². The number of amides is 1. The zero-order valence-corrected chi connectivity index (χ0v) is 14.3. The first-order valence-electron chi connectivity index (χ1n) is 8.15. The Kier molecular flexibility index (Phi) is 6.56. The fourth-order valence-electron chi connectivity index (χ4n) is 3.01. The number of aliphatic hydroxyl groups excluding tert-OH is 1. The zero-order valence-electron chi connectivity index (χ0n) is 14.3. The van der Waals surface area contributed by atoms with Crippen molar-refractivity contribution in [1.29, 1.82) is 0 Å². The highest BCUT2D eigenvalue weighted by molar-refractivity contribution is 5.76. The molecule has 2 rings (SSSR count). The van der Waals surface area contributed by atoms with E-state index in [-0.39, 0.29) is 12.3 Å². The van der Waals surface area contributed by atoms with E-state index in [1.54, 1.807) is 19.5 Å². The lowest BCUT2D eigenvalue weighted by Gasteiger charge is -2.35. The number of methoxy groups -OCH3 is 1. The molecule has 1 aliphatic heterocycles. The van der Waals surface area contributed by atoms with Gasteiger partial charge < -0.3 is 24.2 Å². The third kappa shape index (κ3) is 4.76. The van der Waals surface area contributed by atoms with Crippen molar-refractivity contribution in [2.45, 2.75) is 38.0 Å². The molecule has 130 valence electrons. The van der Waals surface area contributed by atoms with Gasteiger partial charge in [-0.25, -0.2) is 4.98 Å². The summed E-state index contributed by atoms with van der Waals surface area (Å²) in [5.74, 6) is 0.523. The van der Waals surface area contributed by atoms with Gasteiger partial charge in [0.2, 0.25) is 5.91 Å². The number of aliphatic hydroxyl groups is 1. The number of carbonyl (C=O) groups excluding carboxylic acids is 1. The molecule has 1 aromatic heterocycles. The standard InChI is InChI=1S/C16H28N4O3/c1-18(2)13-4-7-19(8-5-13)15(22)12-14(21)16-17-6-9-20(16)10-11-23-3/h6,9,13-14,21H,4-5,7-8,10-12H2,1-3H3. The summed E-state index contributed by atoms with van der Waals surface area (Å²) in [6.07, 6.45) is 4.61. The number of hydrogen-bond acceptors (Lipinski definition) is 5. The van der Waals surface area contributed by atoms with Gasteiger partial charge in [-0.2, -0.15) is 0 Å². The van der Waals surface area contributed by atoms with Crippen molar-refractivity contribution in [2.24, 2.45) is 0 Å². The second-order valence-corrected chi connectivity index (χ2v) is 6.27. The summed E-state index contributed by atoms with van der Waals surface area (Å²) in [6, 6.07) is 0.539. The van der Waals surface area contributed by atoms with Gasteiger partial charge in [-0.05, 0) is 26.9 Å². The molecule has 1 aromatic rings. The number of nitrogens with zero attached hydrogens (tertiary/aromatic N) is 4. The molecule has 1 N–H and O–H groups in total. The molecule has 0 bridgehead atoms. The molecular formula is C16H28N4O3. The Morgan fingerprint density at radius 3 is 2.78 bits per heavy atom. The van der Waals surface area contributed by atoms with E-state index in [1.807, 2.05) is 9.47 Å². The van der Waals surface area contributed by atoms with E-state index in [0.29, 0.717) is 25.0 Å². The maximum atomic E-state index is 12.4. The van der Waals surface area contributed by atoms with Gasteiger partial charge in [-0.15, -0.1) is 0 Å². The molecule has 1 saturated heterocycles. The average Bonchev–Trinajstić information content (AvgIpc) is 3.01. The van der Waals surface area contributed by atoms with Crippen LogP contribution in [0.3, 0.4) is 0 Å². The van der Waals surface area contributed by atoms with Crippen molar-refractivity contribution in [3.8, 4) is 0 Å². The van der Waals surface area contributed by atoms with Crippen molar-refractivity contribution in [3.05, 3.63) is 18.2 Å². The number of rotatable bonds is 7. The normalized spacial score (nSPS) is 17.7. The molecule has 7 nitrogen and oxygen atoms in total. The summed E-state index contributed by atoms with van der Waals surface area (Å²) < 4.78 is 6.88. The third-order valence-corrected chi connectivity index (χ3v) is 4.50. The van der Waals surface area contributed by atoms with Gasteiger partial charge in [0.15, 0.2) is 0 Å². The third-order valence-electron chi connectivity index (χ3n) is 4.50. The number of ether oxygens (including phenoxy) is 1. The van der Waals surface area contributed by atoms with Crippen LogP contribution in [0.4, 0.5) is 0 Å². The number of piperidine rings is 1. The van der Waals surface area contributed by atoms with Crippen molar-refractivity contribution in [3.63, 3.8) is 0 Å². The Balaban J connectivity index is 1.87. The second-order valence-electron chi connectivity index (χ2n) is 6.27. The molecule has 1 unspecified atom stereocenters. The van der Waals surface area contributed by atoms with Crippen LogP contribution in [0.15, 0.2) is 12.4 Å². The van der Waals surface area contributed by atoms with E-state index in [0.717, 1.165) is 25.9 Å². The first-order valence-corrected chi connectivity index (χ1v) is 8.15. The summed E-state index contributed by atoms with van der Waals surface area (Å²) in [5, 5.41) is 10.4. The summed E-state index contributed by atoms with van der Waals surface area (Å²) in [7, 11) is 5.78. The molecule has 0 radical (unpaired) electrons. The summed E-state index contributed by atoms with van der Waals surface area (Å²) in [4.78, 5) is 20.6. The molecule has 0 aliphatic carbocycles. The Morgan fingerprint density at radius 1 is 1.48 bits per heavy atom. The molecule has 0 saturated carbocycles. The molecule has 7 heteroatoms. The zero-order chi connectivity index (χ0) is 16.8. The lowest BCUT2D eigenvalue weighted by atomic mass is 10.0. The van der Waals surface area contributed by atoms with Gasteiger partial charge >= 0.3 is 0 Å². The number of likely N-dealkylation sites (tertiary alicyclic amines) is 1. The van der Waals surface area contributed by atoms with Gasteiger partial charge in [0.25, 0.3) is 0 Å². The second kappa shape index (κ2) is 8.42. The lowest BCUT2D eigenvalue weighted by Crippen LogP contribution is -2.44. The summed E-state index contributed by atoms with van der Waals surface area (Å²) in [6.45, 7) is 2.67. The van der Waals surface area contributed by atoms with Crippen molar-refractivity contribution < 1.29 is 14.6 Å². The van der Waals surface area contributed by atoms with E-state index in [2.05, 4.69) is 24.0 Å². The SMILES string of the molecule is COCCn1ccnc1C(O)CC(=O)N1CCC(N(C)C)CC1. The monoisotopic (exact) mass is 324 g/mol. The maximum Gasteiger partial charge on any atom is 0.225 e. The van der Waals surface area contributed by atoms with Crippen LogP contribution < -0.4 is 0 Å². The Bertz CT molecular complexity index is 495. The Labute approximate surface area is 137 Å². The Hall–Kier alpha value is -1.44. The highest BCUT2D eigenvalue weighted by Gasteiger charge is 2.26. The van der Waals surface area contributed by atoms with Crippen LogP contribution in [0.25, 0.3) is 0 Å². The highest BCUT2D eigenvalue weighted by atomic mass is 16.5. The molecule has 0 aromatic carbocycles. The van der Waals surface area contributed by atoms with Gasteiger partial charge in [0, 0.05) is 45.2 Å². The van der Waals surface area contributed by atoms with E-state index in [9.17, 15) is 9.90 Å². The minimum absolute atomic E-state index is 0.00371. The van der Waals surface area contributed by atoms with Crippen molar-refractivity contribution in [2.75, 3.05) is 40.9 Å². The largest absolute Gasteiger partial charge is 0.385 e. The highest BCUT2D eigenvalue weighted by Crippen LogP contribution is 2.19. The average molecular weight is 324 g/mol. The van der Waals surface area contributed by atoms with Crippen molar-refractivity contribution in [1.82, 2.24) is 19.4 Å². The van der Waals surface area contributed by atoms with E-state index in [4.69, 9.17) is 4.74 Å². The van der Waals surface area contributed by atoms with Gasteiger partial charge in [-0.3, -0.25) is 4.79 Å². The van der Waals surface area contributed by atoms with Crippen LogP contribution >= 0.6 is 0 Å². The molecule has 2 heterocycles. The molecule has 23 heavy (non-hydrogen) atoms. The predicted octanol–water partition coefficient (Wildman–Crippen LogP) is 0.506. The van der Waals surface area contributed by atoms with Crippen LogP contribution in [0, 0.1) is 0 Å². The number of hydrogen-bond donors (Lipinski definition) is 1. The van der Waals surface area contributed by atoms with Gasteiger partial charge in [-0.1, -0.05) is 0 Å². The molecule has 0 spiro atoms. The Morgan fingerprint density at radius 2 is 2.17 bits per heavy atom. The van der Waals surface area contributed by atoms with Crippen LogP contribution in [0.2, 0.25) is 0 Å². The fraction of sp³-hybridized carbons (Fsp3) is 0.750.